The van der Waals surface area contributed by atoms with Gasteiger partial charge >= 0.3 is 5.97 Å². The summed E-state index contributed by atoms with van der Waals surface area (Å²) in [4.78, 5) is 50.1. The summed E-state index contributed by atoms with van der Waals surface area (Å²) < 4.78 is 10.7. The standard InChI is InChI=1S/C21H25NO6/c1-13(22-19(24)16-8-3-4-9-17(16)20(22)25)21(26)28-12-11-27-18-10-6-5-7-15(18)14(2)23/h5-7,10,13,16-17H,3-4,8-9,11-12H2,1-2H3/t13-,16-,17-/m0/s1. The van der Waals surface area contributed by atoms with Crippen LogP contribution in [0.5, 0.6) is 5.75 Å². The zero-order chi connectivity index (χ0) is 20.3. The number of carbonyl (C=O) groups excluding carboxylic acids is 4. The Morgan fingerprint density at radius 2 is 1.68 bits per heavy atom. The van der Waals surface area contributed by atoms with Crippen LogP contribution in [0.25, 0.3) is 0 Å². The van der Waals surface area contributed by atoms with Crippen molar-refractivity contribution in [3.05, 3.63) is 29.8 Å². The molecule has 0 radical (unpaired) electrons. The average molecular weight is 387 g/mol. The zero-order valence-electron chi connectivity index (χ0n) is 16.2. The molecule has 1 aliphatic heterocycles. The fourth-order valence-corrected chi connectivity index (χ4v) is 3.97. The highest BCUT2D eigenvalue weighted by Gasteiger charge is 2.51. The third-order valence-corrected chi connectivity index (χ3v) is 5.46. The van der Waals surface area contributed by atoms with Crippen molar-refractivity contribution in [1.82, 2.24) is 4.90 Å². The van der Waals surface area contributed by atoms with Crippen molar-refractivity contribution in [3.63, 3.8) is 0 Å². The van der Waals surface area contributed by atoms with Crippen LogP contribution in [0.1, 0.15) is 49.9 Å². The predicted octanol–water partition coefficient (Wildman–Crippen LogP) is 2.37. The van der Waals surface area contributed by atoms with E-state index in [4.69, 9.17) is 9.47 Å². The van der Waals surface area contributed by atoms with Gasteiger partial charge in [0.15, 0.2) is 5.78 Å². The van der Waals surface area contributed by atoms with Crippen LogP contribution in [-0.2, 0) is 19.1 Å². The van der Waals surface area contributed by atoms with E-state index in [1.807, 2.05) is 0 Å². The number of imide groups is 1. The van der Waals surface area contributed by atoms with Crippen molar-refractivity contribution in [2.45, 2.75) is 45.6 Å². The number of ketones is 1. The van der Waals surface area contributed by atoms with E-state index in [0.717, 1.165) is 17.7 Å². The molecule has 7 heteroatoms. The number of likely N-dealkylation sites (tertiary alicyclic amines) is 1. The number of ether oxygens (including phenoxy) is 2. The summed E-state index contributed by atoms with van der Waals surface area (Å²) in [5.41, 5.74) is 0.457. The molecule has 0 aromatic heterocycles. The van der Waals surface area contributed by atoms with Crippen molar-refractivity contribution in [3.8, 4) is 5.75 Å². The van der Waals surface area contributed by atoms with Crippen LogP contribution in [-0.4, -0.2) is 47.7 Å². The molecular weight excluding hydrogens is 362 g/mol. The largest absolute Gasteiger partial charge is 0.489 e. The van der Waals surface area contributed by atoms with Crippen LogP contribution in [0.4, 0.5) is 0 Å². The highest BCUT2D eigenvalue weighted by molar-refractivity contribution is 6.07. The highest BCUT2D eigenvalue weighted by Crippen LogP contribution is 2.38. The maximum atomic E-state index is 12.6. The Morgan fingerprint density at radius 1 is 1.07 bits per heavy atom. The lowest BCUT2D eigenvalue weighted by Crippen LogP contribution is -2.44. The second-order valence-electron chi connectivity index (χ2n) is 7.29. The van der Waals surface area contributed by atoms with E-state index in [2.05, 4.69) is 0 Å². The molecule has 1 saturated heterocycles. The minimum absolute atomic E-state index is 0.0432. The molecule has 1 saturated carbocycles. The van der Waals surface area contributed by atoms with E-state index >= 15 is 0 Å². The van der Waals surface area contributed by atoms with Gasteiger partial charge in [-0.3, -0.25) is 19.3 Å². The number of rotatable bonds is 7. The van der Waals surface area contributed by atoms with Crippen molar-refractivity contribution in [2.75, 3.05) is 13.2 Å². The van der Waals surface area contributed by atoms with Gasteiger partial charge in [0.2, 0.25) is 11.8 Å². The molecule has 7 nitrogen and oxygen atoms in total. The van der Waals surface area contributed by atoms with Gasteiger partial charge in [-0.15, -0.1) is 0 Å². The molecule has 3 rings (SSSR count). The first kappa shape index (κ1) is 20.0. The first-order chi connectivity index (χ1) is 13.4. The molecule has 2 amide bonds. The van der Waals surface area contributed by atoms with Crippen molar-refractivity contribution < 1.29 is 28.7 Å². The average Bonchev–Trinajstić information content (AvgIpc) is 2.95. The molecular formula is C21H25NO6. The molecule has 3 atom stereocenters. The van der Waals surface area contributed by atoms with Gasteiger partial charge in [-0.25, -0.2) is 4.79 Å². The van der Waals surface area contributed by atoms with Gasteiger partial charge in [0, 0.05) is 0 Å². The molecule has 1 aromatic rings. The number of hydrogen-bond acceptors (Lipinski definition) is 6. The van der Waals surface area contributed by atoms with E-state index in [1.54, 1.807) is 24.3 Å². The molecule has 1 aliphatic carbocycles. The molecule has 150 valence electrons. The van der Waals surface area contributed by atoms with Crippen molar-refractivity contribution >= 4 is 23.6 Å². The number of carbonyl (C=O) groups is 4. The minimum atomic E-state index is -0.949. The fraction of sp³-hybridized carbons (Fsp3) is 0.524. The van der Waals surface area contributed by atoms with Crippen LogP contribution < -0.4 is 4.74 Å². The number of amides is 2. The third-order valence-electron chi connectivity index (χ3n) is 5.46. The van der Waals surface area contributed by atoms with E-state index in [0.29, 0.717) is 24.2 Å². The van der Waals surface area contributed by atoms with Gasteiger partial charge < -0.3 is 9.47 Å². The maximum absolute atomic E-state index is 12.6. The summed E-state index contributed by atoms with van der Waals surface area (Å²) in [7, 11) is 0. The molecule has 0 N–H and O–H groups in total. The number of benzene rings is 1. The lowest BCUT2D eigenvalue weighted by atomic mass is 9.81. The molecule has 0 spiro atoms. The van der Waals surface area contributed by atoms with Gasteiger partial charge in [0.25, 0.3) is 0 Å². The minimum Gasteiger partial charge on any atom is -0.489 e. The Labute approximate surface area is 164 Å². The Morgan fingerprint density at radius 3 is 2.29 bits per heavy atom. The zero-order valence-corrected chi connectivity index (χ0v) is 16.2. The van der Waals surface area contributed by atoms with Crippen molar-refractivity contribution in [1.29, 1.82) is 0 Å². The monoisotopic (exact) mass is 387 g/mol. The van der Waals surface area contributed by atoms with Crippen LogP contribution in [0, 0.1) is 11.8 Å². The number of Topliss-reactive ketones (excluding diaryl/α,β-unsaturated/α-hetero) is 1. The first-order valence-corrected chi connectivity index (χ1v) is 9.68. The first-order valence-electron chi connectivity index (χ1n) is 9.68. The van der Waals surface area contributed by atoms with Crippen LogP contribution in [0.15, 0.2) is 24.3 Å². The van der Waals surface area contributed by atoms with Crippen LogP contribution in [0.3, 0.4) is 0 Å². The highest BCUT2D eigenvalue weighted by atomic mass is 16.6. The Hall–Kier alpha value is -2.70. The molecule has 2 fully saturated rings. The number of para-hydroxylation sites is 1. The SMILES string of the molecule is CC(=O)c1ccccc1OCCOC(=O)[C@H](C)N1C(=O)[C@H]2CCCC[C@@H]2C1=O. The predicted molar refractivity (Wildman–Crippen MR) is 99.7 cm³/mol. The topological polar surface area (TPSA) is 90.0 Å². The quantitative estimate of drug-likeness (QED) is 0.309. The van der Waals surface area contributed by atoms with Crippen LogP contribution >= 0.6 is 0 Å². The summed E-state index contributed by atoms with van der Waals surface area (Å²) in [6, 6.07) is 5.88. The lowest BCUT2D eigenvalue weighted by Gasteiger charge is -2.21. The summed E-state index contributed by atoms with van der Waals surface area (Å²) in [6.45, 7) is 2.99. The maximum Gasteiger partial charge on any atom is 0.329 e. The van der Waals surface area contributed by atoms with Gasteiger partial charge in [-0.1, -0.05) is 25.0 Å². The van der Waals surface area contributed by atoms with Gasteiger partial charge in [-0.2, -0.15) is 0 Å². The van der Waals surface area contributed by atoms with E-state index in [9.17, 15) is 19.2 Å². The molecule has 1 heterocycles. The van der Waals surface area contributed by atoms with E-state index < -0.39 is 12.0 Å². The number of fused-ring (bicyclic) bond motifs is 1. The molecule has 0 unspecified atom stereocenters. The second-order valence-corrected chi connectivity index (χ2v) is 7.29. The molecule has 28 heavy (non-hydrogen) atoms. The summed E-state index contributed by atoms with van der Waals surface area (Å²) >= 11 is 0. The molecule has 1 aromatic carbocycles. The third kappa shape index (κ3) is 3.93. The van der Waals surface area contributed by atoms with E-state index in [-0.39, 0.29) is 42.6 Å². The summed E-state index contributed by atoms with van der Waals surface area (Å²) in [5, 5.41) is 0. The van der Waals surface area contributed by atoms with Crippen molar-refractivity contribution in [2.24, 2.45) is 11.8 Å². The van der Waals surface area contributed by atoms with Gasteiger partial charge in [0.05, 0.1) is 17.4 Å². The summed E-state index contributed by atoms with van der Waals surface area (Å²) in [5.74, 6) is -1.42. The van der Waals surface area contributed by atoms with E-state index in [1.165, 1.54) is 13.8 Å². The number of hydrogen-bond donors (Lipinski definition) is 0. The number of esters is 1. The fourth-order valence-electron chi connectivity index (χ4n) is 3.97. The summed E-state index contributed by atoms with van der Waals surface area (Å²) in [6.07, 6.45) is 3.28. The smallest absolute Gasteiger partial charge is 0.329 e. The lowest BCUT2D eigenvalue weighted by molar-refractivity contribution is -0.158. The van der Waals surface area contributed by atoms with Gasteiger partial charge in [-0.05, 0) is 38.8 Å². The Bertz CT molecular complexity index is 765. The Kier molecular flexibility index (Phi) is 6.11. The van der Waals surface area contributed by atoms with Gasteiger partial charge in [0.1, 0.15) is 25.0 Å². The molecule has 0 bridgehead atoms. The second kappa shape index (κ2) is 8.54. The number of nitrogens with zero attached hydrogens (tertiary/aromatic N) is 1. The van der Waals surface area contributed by atoms with Crippen LogP contribution in [0.2, 0.25) is 0 Å². The Balaban J connectivity index is 1.52. The normalized spacial score (nSPS) is 22.6. The molecule has 2 aliphatic rings.